The Labute approximate surface area is 748 Å². The fourth-order valence-corrected chi connectivity index (χ4v) is 739. The molecule has 0 saturated carbocycles. The molecule has 0 fully saturated rings. The molecule has 0 amide bonds. The molecule has 7 aromatic rings. The van der Waals surface area contributed by atoms with Gasteiger partial charge in [0.25, 0.3) is 0 Å². The van der Waals surface area contributed by atoms with Gasteiger partial charge in [0.2, 0.25) is 0 Å². The van der Waals surface area contributed by atoms with Gasteiger partial charge in [0.15, 0.2) is 23.1 Å². The molecule has 0 bridgehead atoms. The Morgan fingerprint density at radius 3 is 1.06 bits per heavy atom. The van der Waals surface area contributed by atoms with Crippen molar-refractivity contribution in [1.29, 1.82) is 0 Å². The summed E-state index contributed by atoms with van der Waals surface area (Å²) < 4.78 is 6.31. The van der Waals surface area contributed by atoms with Crippen LogP contribution in [-0.4, -0.2) is 25.0 Å². The van der Waals surface area contributed by atoms with Crippen molar-refractivity contribution in [3.63, 3.8) is 0 Å². The van der Waals surface area contributed by atoms with E-state index in [2.05, 4.69) is 333 Å². The fraction of sp³-hybridized carbons (Fsp3) is 0.208. The van der Waals surface area contributed by atoms with Gasteiger partial charge in [0, 0.05) is 34.6 Å². The van der Waals surface area contributed by atoms with E-state index in [0.717, 1.165) is 65.0 Å². The molecular formula is C48H104N8O2P52. The zero-order valence-electron chi connectivity index (χ0n) is 58.9. The maximum atomic E-state index is 10.6. The molecule has 0 spiro atoms. The van der Waals surface area contributed by atoms with Crippen LogP contribution in [0.5, 0.6) is 11.5 Å². The van der Waals surface area contributed by atoms with Gasteiger partial charge in [-0.1, -0.05) is 110 Å². The van der Waals surface area contributed by atoms with Crippen molar-refractivity contribution >= 4 is 439 Å². The normalized spacial score (nSPS) is 15.5. The minimum absolute atomic E-state index is 0. The fourth-order valence-electron chi connectivity index (χ4n) is 10.4. The Bertz CT molecular complexity index is 3820. The number of nitrogens with two attached hydrogens (primary N) is 2. The SMILES string of the molecule is C.Cc1ccc(-c2ncnc(Nc3ccc4c(c3)CCC4N)c2O)cc1.Cc1ccc(-c2ncnc(Nc3ccc4c(c3)CCC4N)c2OCc2ccccc2)cc1.PP(P)P(P)P(P(P(P)P)P(P)P)P(P(P(P)P)P(P)P)P(P(P(P(P)P)P(P)P)P(P(P)P)P(P)P)P(P(P(P)P)P(P)P)P(P(P)P)P(P)P. The van der Waals surface area contributed by atoms with Crippen LogP contribution >= 0.6 is 416 Å². The Kier molecular flexibility index (Phi) is 60.8. The van der Waals surface area contributed by atoms with Crippen molar-refractivity contribution in [2.75, 3.05) is 10.6 Å². The molecule has 2 heterocycles. The number of anilines is 4. The van der Waals surface area contributed by atoms with E-state index in [1.165, 1.54) is 34.1 Å². The summed E-state index contributed by atoms with van der Waals surface area (Å²) in [4.78, 5) is 17.5. The Morgan fingerprint density at radius 1 is 0.382 bits per heavy atom. The van der Waals surface area contributed by atoms with E-state index in [1.807, 2.05) is 67.6 Å². The first kappa shape index (κ1) is 114. The topological polar surface area (TPSA) is 157 Å². The molecule has 0 saturated heterocycles. The molecule has 5 aromatic carbocycles. The van der Waals surface area contributed by atoms with Gasteiger partial charge >= 0.3 is 0 Å². The number of ether oxygens (including phenoxy) is 1. The Balaban J connectivity index is 0.000000274. The van der Waals surface area contributed by atoms with Crippen molar-refractivity contribution in [3.8, 4) is 34.0 Å². The first-order valence-electron chi connectivity index (χ1n) is 31.1. The van der Waals surface area contributed by atoms with Gasteiger partial charge < -0.3 is 31.9 Å². The summed E-state index contributed by atoms with van der Waals surface area (Å²) in [7, 11) is 94.3. The molecule has 0 radical (unpaired) electrons. The van der Waals surface area contributed by atoms with Gasteiger partial charge in [-0.05, 0) is 266 Å². The maximum Gasteiger partial charge on any atom is 0.188 e. The molecule has 2 aliphatic carbocycles. The van der Waals surface area contributed by atoms with E-state index in [0.29, 0.717) is 29.7 Å². The average molecular weight is 2440 g/mol. The number of aromatic nitrogens is 4. The first-order chi connectivity index (χ1) is 51.4. The van der Waals surface area contributed by atoms with Crippen LogP contribution in [0.15, 0.2) is 128 Å². The highest BCUT2D eigenvalue weighted by atomic mass is 33.6. The number of aromatic hydroxyl groups is 1. The van der Waals surface area contributed by atoms with Crippen LogP contribution in [-0.2, 0) is 19.4 Å². The van der Waals surface area contributed by atoms with E-state index < -0.39 is 0 Å². The summed E-state index contributed by atoms with van der Waals surface area (Å²) in [6, 6.07) is 39.0. The molecule has 32 atom stereocenters. The van der Waals surface area contributed by atoms with E-state index >= 15 is 0 Å². The van der Waals surface area contributed by atoms with E-state index in [4.69, 9.17) is 16.2 Å². The molecule has 0 aliphatic heterocycles. The summed E-state index contributed by atoms with van der Waals surface area (Å²) >= 11 is 0. The third-order valence-electron chi connectivity index (χ3n) is 15.1. The molecule has 608 valence electrons. The highest BCUT2D eigenvalue weighted by Gasteiger charge is 2.59. The second-order valence-corrected chi connectivity index (χ2v) is 236. The number of benzene rings is 5. The van der Waals surface area contributed by atoms with Gasteiger partial charge in [0.05, 0.1) is 0 Å². The van der Waals surface area contributed by atoms with Crippen molar-refractivity contribution in [2.24, 2.45) is 11.5 Å². The molecule has 62 heteroatoms. The highest BCUT2D eigenvalue weighted by Crippen LogP contribution is 3.46. The predicted octanol–water partition coefficient (Wildman–Crippen LogP) is 40.5. The number of rotatable bonds is 33. The largest absolute Gasteiger partial charge is 0.503 e. The van der Waals surface area contributed by atoms with Gasteiger partial charge in [-0.3, -0.25) is 0 Å². The first-order valence-corrected chi connectivity index (χ1v) is 125. The third-order valence-corrected chi connectivity index (χ3v) is 375. The second kappa shape index (κ2) is 58.5. The molecule has 32 unspecified atom stereocenters. The lowest BCUT2D eigenvalue weighted by Crippen LogP contribution is -2.06. The van der Waals surface area contributed by atoms with Crippen LogP contribution in [0.2, 0.25) is 0 Å². The number of hydrogen-bond acceptors (Lipinski definition) is 10. The summed E-state index contributed by atoms with van der Waals surface area (Å²) in [6.07, 6.45) is 7.00. The van der Waals surface area contributed by atoms with Crippen LogP contribution in [0.25, 0.3) is 22.5 Å². The molecule has 110 heavy (non-hydrogen) atoms. The monoisotopic (exact) mass is 2440 g/mol. The summed E-state index contributed by atoms with van der Waals surface area (Å²) in [6.45, 7) is 0.0570. The number of aryl methyl sites for hydroxylation is 4. The molecule has 9 rings (SSSR count). The lowest BCUT2D eigenvalue weighted by Gasteiger charge is -2.58. The van der Waals surface area contributed by atoms with Gasteiger partial charge in [0.1, 0.15) is 30.6 Å². The van der Waals surface area contributed by atoms with Crippen molar-refractivity contribution in [3.05, 3.63) is 167 Å². The lowest BCUT2D eigenvalue weighted by atomic mass is 10.1. The summed E-state index contributed by atoms with van der Waals surface area (Å²) in [5.41, 5.74) is 25.7. The van der Waals surface area contributed by atoms with Crippen molar-refractivity contribution in [2.45, 2.75) is 65.6 Å². The lowest BCUT2D eigenvalue weighted by molar-refractivity contribution is 0.307. The van der Waals surface area contributed by atoms with Gasteiger partial charge in [-0.2, -0.15) is 0 Å². The van der Waals surface area contributed by atoms with Crippen molar-refractivity contribution < 1.29 is 9.84 Å². The quantitative estimate of drug-likeness (QED) is 0.0251. The van der Waals surface area contributed by atoms with Crippen LogP contribution in [0.1, 0.15) is 71.3 Å². The summed E-state index contributed by atoms with van der Waals surface area (Å²) in [5, 5.41) is 17.3. The average Bonchev–Trinajstić information content (AvgIpc) is 0.847. The molecule has 2 aromatic heterocycles. The minimum atomic E-state index is -0.217. The highest BCUT2D eigenvalue weighted by molar-refractivity contribution is 9.52. The van der Waals surface area contributed by atoms with Crippen molar-refractivity contribution in [1.82, 2.24) is 19.9 Å². The van der Waals surface area contributed by atoms with E-state index in [-0.39, 0.29) is 200 Å². The van der Waals surface area contributed by atoms with Crippen LogP contribution in [0.4, 0.5) is 23.0 Å². The minimum Gasteiger partial charge on any atom is -0.503 e. The van der Waals surface area contributed by atoms with E-state index in [9.17, 15) is 5.11 Å². The van der Waals surface area contributed by atoms with Crippen LogP contribution in [0.3, 0.4) is 0 Å². The molecular weight excluding hydrogens is 2330 g/mol. The number of hydrogen-bond donors (Lipinski definition) is 5. The van der Waals surface area contributed by atoms with E-state index in [1.54, 1.807) is 6.33 Å². The molecule has 7 N–H and O–H groups in total. The number of nitrogens with zero attached hydrogens (tertiary/aromatic N) is 4. The molecule has 10 nitrogen and oxygen atoms in total. The molecule has 2 aliphatic rings. The van der Waals surface area contributed by atoms with Crippen LogP contribution in [0, 0.1) is 13.8 Å². The third kappa shape index (κ3) is 34.4. The van der Waals surface area contributed by atoms with Crippen LogP contribution < -0.4 is 26.8 Å². The second-order valence-electron chi connectivity index (χ2n) is 22.9. The number of nitrogens with one attached hydrogen (secondary N) is 2. The summed E-state index contributed by atoms with van der Waals surface area (Å²) in [5.74, 6) is 1.72. The Hall–Kier alpha value is 15.7. The standard InChI is InChI=1S/C27H26N4O.C20H20N4O.CH4.H54P52/c1-18-7-9-20(10-8-18)25-26(32-16-19-5-3-2-4-6-19)27(30-17-29-25)31-22-12-13-23-21(15-22)11-14-24(23)28;1-12-2-4-13(5-3-12)18-19(25)20(23-11-22-18)24-15-7-8-16-14(10-15)6-9-17(16)21;;1-28(2)41(27)48(42(29(3)4)30(5)6)51(47(39(23)24)40(25)26)52(49(43(31(7)8)32(9)10)44(33(11)12)34(13)14)50(45(35(15)16)36(17)18)46(37(19)20)38(21)22/h2-10,12-13,15,17,24H,11,14,16,28H2,1H3,(H,29,30,31);2-5,7-8,10-11,17,25H,6,9,21H2,1H3,(H,22,23,24);1H4;1-27H2. The van der Waals surface area contributed by atoms with Gasteiger partial charge in [-0.15, -0.1) is 241 Å². The zero-order chi connectivity index (χ0) is 80.7. The zero-order valence-corrected chi connectivity index (χ0v) is 112. The Morgan fingerprint density at radius 2 is 0.700 bits per heavy atom. The van der Waals surface area contributed by atoms with Gasteiger partial charge in [-0.25, -0.2) is 19.9 Å². The smallest absolute Gasteiger partial charge is 0.188 e. The maximum absolute atomic E-state index is 10.6. The predicted molar refractivity (Wildman–Crippen MR) is 669 cm³/mol. The number of fused-ring (bicyclic) bond motifs is 2.